The van der Waals surface area contributed by atoms with Gasteiger partial charge in [0.25, 0.3) is 5.69 Å². The molecule has 1 aromatic rings. The van der Waals surface area contributed by atoms with E-state index in [0.29, 0.717) is 12.5 Å². The van der Waals surface area contributed by atoms with E-state index in [0.717, 1.165) is 31.4 Å². The van der Waals surface area contributed by atoms with Crippen molar-refractivity contribution in [3.63, 3.8) is 0 Å². The average Bonchev–Trinajstić information content (AvgIpc) is 2.95. The van der Waals surface area contributed by atoms with Crippen LogP contribution in [-0.4, -0.2) is 30.0 Å². The SMILES string of the molecule is N[C@@H]1CCC[C@H]1CC(=O)NCCNc1ccc(C(F)(F)F)cc1[N+](=O)[O-]. The minimum Gasteiger partial charge on any atom is -0.378 e. The van der Waals surface area contributed by atoms with Gasteiger partial charge >= 0.3 is 6.18 Å². The highest BCUT2D eigenvalue weighted by molar-refractivity contribution is 5.76. The molecule has 0 aliphatic heterocycles. The van der Waals surface area contributed by atoms with Crippen LogP contribution in [0.1, 0.15) is 31.2 Å². The van der Waals surface area contributed by atoms with E-state index < -0.39 is 22.4 Å². The fraction of sp³-hybridized carbons (Fsp3) is 0.562. The maximum Gasteiger partial charge on any atom is 0.416 e. The highest BCUT2D eigenvalue weighted by Crippen LogP contribution is 2.34. The standard InChI is InChI=1S/C16H21F3N4O3/c17-16(18,19)11-4-5-13(14(9-11)23(25)26)21-6-7-22-15(24)8-10-2-1-3-12(10)20/h4-5,9-10,12,21H,1-3,6-8,20H2,(H,22,24)/t10-,12+/m0/s1. The molecule has 1 aliphatic rings. The second-order valence-electron chi connectivity index (χ2n) is 6.32. The van der Waals surface area contributed by atoms with Crippen LogP contribution in [-0.2, 0) is 11.0 Å². The Morgan fingerprint density at radius 3 is 2.62 bits per heavy atom. The van der Waals surface area contributed by atoms with Gasteiger partial charge in [0.15, 0.2) is 0 Å². The lowest BCUT2D eigenvalue weighted by molar-refractivity contribution is -0.384. The molecule has 0 spiro atoms. The first kappa shape index (κ1) is 20.0. The number of nitrogens with two attached hydrogens (primary N) is 1. The maximum absolute atomic E-state index is 12.7. The second kappa shape index (κ2) is 8.35. The van der Waals surface area contributed by atoms with Crippen molar-refractivity contribution >= 4 is 17.3 Å². The Bertz CT molecular complexity index is 667. The third-order valence-electron chi connectivity index (χ3n) is 4.45. The van der Waals surface area contributed by atoms with Gasteiger partial charge in [0.05, 0.1) is 10.5 Å². The molecule has 2 atom stereocenters. The zero-order chi connectivity index (χ0) is 19.3. The van der Waals surface area contributed by atoms with Gasteiger partial charge in [-0.1, -0.05) is 6.42 Å². The normalized spacial score (nSPS) is 20.0. The van der Waals surface area contributed by atoms with Crippen LogP contribution in [0, 0.1) is 16.0 Å². The monoisotopic (exact) mass is 374 g/mol. The molecule has 0 saturated heterocycles. The van der Waals surface area contributed by atoms with Crippen LogP contribution >= 0.6 is 0 Å². The van der Waals surface area contributed by atoms with Crippen molar-refractivity contribution in [1.82, 2.24) is 5.32 Å². The molecule has 144 valence electrons. The van der Waals surface area contributed by atoms with Gasteiger partial charge in [-0.2, -0.15) is 13.2 Å². The highest BCUT2D eigenvalue weighted by Gasteiger charge is 2.33. The summed E-state index contributed by atoms with van der Waals surface area (Å²) >= 11 is 0. The Kier molecular flexibility index (Phi) is 6.41. The number of nitro benzene ring substituents is 1. The number of amides is 1. The van der Waals surface area contributed by atoms with Crippen molar-refractivity contribution in [1.29, 1.82) is 0 Å². The quantitative estimate of drug-likeness (QED) is 0.386. The summed E-state index contributed by atoms with van der Waals surface area (Å²) in [5.74, 6) is 0.00929. The lowest BCUT2D eigenvalue weighted by atomic mass is 10.00. The number of nitrogens with one attached hydrogen (secondary N) is 2. The molecule has 0 aromatic heterocycles. The first-order valence-electron chi connectivity index (χ1n) is 8.30. The van der Waals surface area contributed by atoms with Crippen LogP contribution in [0.3, 0.4) is 0 Å². The third kappa shape index (κ3) is 5.32. The van der Waals surface area contributed by atoms with Gasteiger partial charge in [0, 0.05) is 31.6 Å². The van der Waals surface area contributed by atoms with E-state index in [1.54, 1.807) is 0 Å². The summed E-state index contributed by atoms with van der Waals surface area (Å²) in [4.78, 5) is 22.0. The summed E-state index contributed by atoms with van der Waals surface area (Å²) < 4.78 is 38.0. The van der Waals surface area contributed by atoms with E-state index in [1.165, 1.54) is 0 Å². The minimum atomic E-state index is -4.65. The molecule has 2 rings (SSSR count). The first-order valence-corrected chi connectivity index (χ1v) is 8.30. The van der Waals surface area contributed by atoms with Gasteiger partial charge in [-0.15, -0.1) is 0 Å². The Morgan fingerprint density at radius 1 is 1.31 bits per heavy atom. The summed E-state index contributed by atoms with van der Waals surface area (Å²) in [5.41, 5.74) is 4.13. The lowest BCUT2D eigenvalue weighted by Crippen LogP contribution is -2.33. The van der Waals surface area contributed by atoms with Gasteiger partial charge in [0.1, 0.15) is 5.69 Å². The van der Waals surface area contributed by atoms with Crippen molar-refractivity contribution in [2.45, 2.75) is 37.9 Å². The van der Waals surface area contributed by atoms with Crippen molar-refractivity contribution in [2.75, 3.05) is 18.4 Å². The molecule has 1 fully saturated rings. The van der Waals surface area contributed by atoms with Gasteiger partial charge in [-0.05, 0) is 30.9 Å². The van der Waals surface area contributed by atoms with E-state index in [4.69, 9.17) is 5.73 Å². The summed E-state index contributed by atoms with van der Waals surface area (Å²) in [5, 5.41) is 16.3. The topological polar surface area (TPSA) is 110 Å². The van der Waals surface area contributed by atoms with Crippen LogP contribution in [0.2, 0.25) is 0 Å². The van der Waals surface area contributed by atoms with E-state index in [2.05, 4.69) is 10.6 Å². The molecular weight excluding hydrogens is 353 g/mol. The fourth-order valence-corrected chi connectivity index (χ4v) is 3.04. The fourth-order valence-electron chi connectivity index (χ4n) is 3.04. The molecular formula is C16H21F3N4O3. The van der Waals surface area contributed by atoms with Crippen molar-refractivity contribution in [2.24, 2.45) is 11.7 Å². The third-order valence-corrected chi connectivity index (χ3v) is 4.45. The molecule has 0 radical (unpaired) electrons. The zero-order valence-electron chi connectivity index (χ0n) is 14.0. The maximum atomic E-state index is 12.7. The highest BCUT2D eigenvalue weighted by atomic mass is 19.4. The Labute approximate surface area is 148 Å². The van der Waals surface area contributed by atoms with Crippen LogP contribution in [0.5, 0.6) is 0 Å². The Balaban J connectivity index is 1.85. The number of alkyl halides is 3. The molecule has 26 heavy (non-hydrogen) atoms. The zero-order valence-corrected chi connectivity index (χ0v) is 14.0. The molecule has 0 heterocycles. The summed E-state index contributed by atoms with van der Waals surface area (Å²) in [6.45, 7) is 0.341. The summed E-state index contributed by atoms with van der Waals surface area (Å²) in [6.07, 6.45) is -1.47. The number of rotatable bonds is 7. The van der Waals surface area contributed by atoms with Crippen LogP contribution in [0.25, 0.3) is 0 Å². The van der Waals surface area contributed by atoms with Gasteiger partial charge in [0.2, 0.25) is 5.91 Å². The van der Waals surface area contributed by atoms with Crippen molar-refractivity contribution < 1.29 is 22.9 Å². The smallest absolute Gasteiger partial charge is 0.378 e. The summed E-state index contributed by atoms with van der Waals surface area (Å²) in [7, 11) is 0. The number of carbonyl (C=O) groups excluding carboxylic acids is 1. The predicted molar refractivity (Wildman–Crippen MR) is 89.5 cm³/mol. The predicted octanol–water partition coefficient (Wildman–Crippen LogP) is 2.66. The number of benzene rings is 1. The number of nitro groups is 1. The number of nitrogens with zero attached hydrogens (tertiary/aromatic N) is 1. The van der Waals surface area contributed by atoms with Crippen LogP contribution < -0.4 is 16.4 Å². The number of halogens is 3. The number of hydrogen-bond donors (Lipinski definition) is 3. The van der Waals surface area contributed by atoms with E-state index >= 15 is 0 Å². The van der Waals surface area contributed by atoms with Gasteiger partial charge in [-0.3, -0.25) is 14.9 Å². The van der Waals surface area contributed by atoms with Crippen molar-refractivity contribution in [3.8, 4) is 0 Å². The molecule has 7 nitrogen and oxygen atoms in total. The molecule has 0 unspecified atom stereocenters. The first-order chi connectivity index (χ1) is 12.2. The lowest BCUT2D eigenvalue weighted by Gasteiger charge is -2.15. The van der Waals surface area contributed by atoms with Crippen LogP contribution in [0.4, 0.5) is 24.5 Å². The second-order valence-corrected chi connectivity index (χ2v) is 6.32. The molecule has 0 bridgehead atoms. The largest absolute Gasteiger partial charge is 0.416 e. The van der Waals surface area contributed by atoms with Crippen LogP contribution in [0.15, 0.2) is 18.2 Å². The van der Waals surface area contributed by atoms with E-state index in [1.807, 2.05) is 0 Å². The Hall–Kier alpha value is -2.36. The molecule has 1 aromatic carbocycles. The molecule has 1 aliphatic carbocycles. The average molecular weight is 374 g/mol. The molecule has 4 N–H and O–H groups in total. The Morgan fingerprint density at radius 2 is 2.04 bits per heavy atom. The minimum absolute atomic E-state index is 0.0323. The molecule has 1 amide bonds. The van der Waals surface area contributed by atoms with E-state index in [9.17, 15) is 28.1 Å². The molecule has 10 heteroatoms. The van der Waals surface area contributed by atoms with Crippen molar-refractivity contribution in [3.05, 3.63) is 33.9 Å². The number of carbonyl (C=O) groups is 1. The van der Waals surface area contributed by atoms with Gasteiger partial charge < -0.3 is 16.4 Å². The number of anilines is 1. The summed E-state index contributed by atoms with van der Waals surface area (Å²) in [6, 6.07) is 2.31. The molecule has 1 saturated carbocycles. The number of hydrogen-bond acceptors (Lipinski definition) is 5. The van der Waals surface area contributed by atoms with Gasteiger partial charge in [-0.25, -0.2) is 0 Å². The van der Waals surface area contributed by atoms with E-state index in [-0.39, 0.29) is 36.6 Å².